The van der Waals surface area contributed by atoms with Crippen molar-refractivity contribution in [3.63, 3.8) is 0 Å². The van der Waals surface area contributed by atoms with Crippen molar-refractivity contribution in [1.82, 2.24) is 4.72 Å². The third-order valence-corrected chi connectivity index (χ3v) is 4.53. The second-order valence-corrected chi connectivity index (χ2v) is 6.95. The average Bonchev–Trinajstić information content (AvgIpc) is 2.94. The Morgan fingerprint density at radius 3 is 2.70 bits per heavy atom. The van der Waals surface area contributed by atoms with Crippen molar-refractivity contribution < 1.29 is 27.1 Å². The summed E-state index contributed by atoms with van der Waals surface area (Å²) in [4.78, 5) is 11.2. The van der Waals surface area contributed by atoms with E-state index in [4.69, 9.17) is 9.52 Å². The molecular weight excluding hydrogens is 325 g/mol. The van der Waals surface area contributed by atoms with Crippen molar-refractivity contribution >= 4 is 16.0 Å². The summed E-state index contributed by atoms with van der Waals surface area (Å²) in [6.45, 7) is 1.69. The maximum atomic E-state index is 13.8. The number of halogens is 1. The third-order valence-electron chi connectivity index (χ3n) is 3.19. The fourth-order valence-electron chi connectivity index (χ4n) is 2.06. The maximum absolute atomic E-state index is 13.8. The zero-order valence-electron chi connectivity index (χ0n) is 12.3. The van der Waals surface area contributed by atoms with E-state index in [2.05, 4.69) is 4.72 Å². The van der Waals surface area contributed by atoms with Crippen LogP contribution in [0.15, 0.2) is 41.2 Å². The quantitative estimate of drug-likeness (QED) is 0.801. The Morgan fingerprint density at radius 1 is 1.39 bits per heavy atom. The summed E-state index contributed by atoms with van der Waals surface area (Å²) in [7, 11) is -4.02. The third kappa shape index (κ3) is 4.90. The first-order valence-corrected chi connectivity index (χ1v) is 8.41. The van der Waals surface area contributed by atoms with Crippen LogP contribution in [-0.4, -0.2) is 25.5 Å². The molecule has 0 saturated heterocycles. The molecule has 0 aliphatic carbocycles. The molecule has 1 aromatic heterocycles. The molecule has 0 aliphatic rings. The molecule has 1 atom stereocenters. The Morgan fingerprint density at radius 2 is 2.13 bits per heavy atom. The molecule has 0 aliphatic heterocycles. The molecule has 2 rings (SSSR count). The number of hydrogen-bond donors (Lipinski definition) is 2. The van der Waals surface area contributed by atoms with Gasteiger partial charge in [0.25, 0.3) is 0 Å². The van der Waals surface area contributed by atoms with Crippen molar-refractivity contribution in [2.45, 2.75) is 25.1 Å². The number of furan rings is 1. The summed E-state index contributed by atoms with van der Waals surface area (Å²) in [6, 6.07) is 4.38. The summed E-state index contributed by atoms with van der Waals surface area (Å²) in [5, 5.41) is 9.16. The largest absolute Gasteiger partial charge is 0.480 e. The van der Waals surface area contributed by atoms with Crippen LogP contribution in [0.2, 0.25) is 0 Å². The molecular formula is C15H16FNO5S. The summed E-state index contributed by atoms with van der Waals surface area (Å²) in [5.74, 6) is -2.59. The van der Waals surface area contributed by atoms with Crippen LogP contribution in [0.25, 0.3) is 0 Å². The minimum Gasteiger partial charge on any atom is -0.480 e. The van der Waals surface area contributed by atoms with E-state index < -0.39 is 33.6 Å². The van der Waals surface area contributed by atoms with Crippen molar-refractivity contribution in [1.29, 1.82) is 0 Å². The van der Waals surface area contributed by atoms with E-state index in [0.717, 1.165) is 0 Å². The van der Waals surface area contributed by atoms with Gasteiger partial charge in [0.1, 0.15) is 11.9 Å². The van der Waals surface area contributed by atoms with E-state index in [1.165, 1.54) is 24.7 Å². The number of carboxylic acid groups (broad SMARTS) is 1. The highest BCUT2D eigenvalue weighted by atomic mass is 32.2. The van der Waals surface area contributed by atoms with E-state index in [1.807, 2.05) is 0 Å². The molecule has 0 radical (unpaired) electrons. The van der Waals surface area contributed by atoms with Crippen LogP contribution >= 0.6 is 0 Å². The predicted octanol–water partition coefficient (Wildman–Crippen LogP) is 1.84. The van der Waals surface area contributed by atoms with Crippen LogP contribution in [-0.2, 0) is 27.0 Å². The number of aryl methyl sites for hydroxylation is 1. The Labute approximate surface area is 133 Å². The number of carbonyl (C=O) groups is 1. The van der Waals surface area contributed by atoms with E-state index >= 15 is 0 Å². The number of benzene rings is 1. The first-order chi connectivity index (χ1) is 10.8. The van der Waals surface area contributed by atoms with Crippen LogP contribution in [0.4, 0.5) is 4.39 Å². The van der Waals surface area contributed by atoms with Crippen molar-refractivity contribution in [2.24, 2.45) is 0 Å². The number of hydrogen-bond acceptors (Lipinski definition) is 4. The molecule has 0 fully saturated rings. The Hall–Kier alpha value is -2.19. The highest BCUT2D eigenvalue weighted by Gasteiger charge is 2.25. The van der Waals surface area contributed by atoms with E-state index in [9.17, 15) is 17.6 Å². The second-order valence-electron chi connectivity index (χ2n) is 5.20. The van der Waals surface area contributed by atoms with Gasteiger partial charge in [0.2, 0.25) is 10.0 Å². The van der Waals surface area contributed by atoms with Gasteiger partial charge in [-0.15, -0.1) is 0 Å². The molecule has 0 amide bonds. The maximum Gasteiger partial charge on any atom is 0.322 e. The number of nitrogens with one attached hydrogen (secondary N) is 1. The molecule has 124 valence electrons. The van der Waals surface area contributed by atoms with Crippen molar-refractivity contribution in [3.8, 4) is 0 Å². The lowest BCUT2D eigenvalue weighted by Gasteiger charge is -2.14. The van der Waals surface area contributed by atoms with Crippen LogP contribution in [0.1, 0.15) is 16.7 Å². The smallest absolute Gasteiger partial charge is 0.322 e. The summed E-state index contributed by atoms with van der Waals surface area (Å²) < 4.78 is 44.9. The first-order valence-electron chi connectivity index (χ1n) is 6.76. The SMILES string of the molecule is Cc1ccc(CS(=O)(=O)NC(Cc2ccoc2)C(=O)O)c(F)c1. The first kappa shape index (κ1) is 17.2. The Balaban J connectivity index is 2.12. The molecule has 8 heteroatoms. The summed E-state index contributed by atoms with van der Waals surface area (Å²) in [5.41, 5.74) is 1.19. The normalized spacial score (nSPS) is 13.0. The molecule has 2 aromatic rings. The van der Waals surface area contributed by atoms with Gasteiger partial charge in [-0.05, 0) is 30.2 Å². The lowest BCUT2D eigenvalue weighted by atomic mass is 10.1. The Kier molecular flexibility index (Phi) is 5.17. The molecule has 0 bridgehead atoms. The lowest BCUT2D eigenvalue weighted by Crippen LogP contribution is -2.42. The molecule has 1 unspecified atom stereocenters. The van der Waals surface area contributed by atoms with E-state index in [-0.39, 0.29) is 12.0 Å². The molecule has 6 nitrogen and oxygen atoms in total. The van der Waals surface area contributed by atoms with Gasteiger partial charge < -0.3 is 9.52 Å². The molecule has 2 N–H and O–H groups in total. The van der Waals surface area contributed by atoms with Gasteiger partial charge in [-0.3, -0.25) is 4.79 Å². The van der Waals surface area contributed by atoms with E-state index in [0.29, 0.717) is 11.1 Å². The highest BCUT2D eigenvalue weighted by Crippen LogP contribution is 2.14. The van der Waals surface area contributed by atoms with Gasteiger partial charge in [0, 0.05) is 12.0 Å². The topological polar surface area (TPSA) is 96.6 Å². The number of rotatable bonds is 7. The fraction of sp³-hybridized carbons (Fsp3) is 0.267. The molecule has 1 aromatic carbocycles. The minimum atomic E-state index is -4.02. The number of sulfonamides is 1. The summed E-state index contributed by atoms with van der Waals surface area (Å²) in [6.07, 6.45) is 2.63. The molecule has 0 saturated carbocycles. The fourth-order valence-corrected chi connectivity index (χ4v) is 3.40. The van der Waals surface area contributed by atoms with Gasteiger partial charge in [0.05, 0.1) is 18.3 Å². The van der Waals surface area contributed by atoms with Crippen LogP contribution < -0.4 is 4.72 Å². The van der Waals surface area contributed by atoms with Gasteiger partial charge in [-0.1, -0.05) is 12.1 Å². The number of carboxylic acids is 1. The zero-order chi connectivity index (χ0) is 17.0. The van der Waals surface area contributed by atoms with Crippen LogP contribution in [0.5, 0.6) is 0 Å². The van der Waals surface area contributed by atoms with Gasteiger partial charge in [-0.25, -0.2) is 17.5 Å². The van der Waals surface area contributed by atoms with Crippen molar-refractivity contribution in [3.05, 3.63) is 59.3 Å². The van der Waals surface area contributed by atoms with E-state index in [1.54, 1.807) is 19.1 Å². The van der Waals surface area contributed by atoms with Crippen LogP contribution in [0, 0.1) is 12.7 Å². The monoisotopic (exact) mass is 341 g/mol. The second kappa shape index (κ2) is 6.93. The average molecular weight is 341 g/mol. The van der Waals surface area contributed by atoms with Gasteiger partial charge in [-0.2, -0.15) is 0 Å². The lowest BCUT2D eigenvalue weighted by molar-refractivity contribution is -0.138. The summed E-state index contributed by atoms with van der Waals surface area (Å²) >= 11 is 0. The molecule has 0 spiro atoms. The number of aliphatic carboxylic acids is 1. The minimum absolute atomic E-state index is 0.0180. The molecule has 1 heterocycles. The molecule has 23 heavy (non-hydrogen) atoms. The zero-order valence-corrected chi connectivity index (χ0v) is 13.1. The van der Waals surface area contributed by atoms with Crippen molar-refractivity contribution in [2.75, 3.05) is 0 Å². The highest BCUT2D eigenvalue weighted by molar-refractivity contribution is 7.88. The predicted molar refractivity (Wildman–Crippen MR) is 80.7 cm³/mol. The standard InChI is InChI=1S/C15H16FNO5S/c1-10-2-3-12(13(16)6-10)9-23(20,21)17-14(15(18)19)7-11-4-5-22-8-11/h2-6,8,14,17H,7,9H2,1H3,(H,18,19). The Bertz CT molecular complexity index is 786. The van der Waals surface area contributed by atoms with Gasteiger partial charge >= 0.3 is 5.97 Å². The van der Waals surface area contributed by atoms with Gasteiger partial charge in [0.15, 0.2) is 0 Å². The van der Waals surface area contributed by atoms with Crippen LogP contribution in [0.3, 0.4) is 0 Å².